The molecule has 1 N–H and O–H groups in total. The van der Waals surface area contributed by atoms with Crippen LogP contribution in [0.2, 0.25) is 0 Å². The van der Waals surface area contributed by atoms with Crippen LogP contribution in [-0.4, -0.2) is 24.0 Å². The van der Waals surface area contributed by atoms with Gasteiger partial charge >= 0.3 is 5.97 Å². The fourth-order valence-corrected chi connectivity index (χ4v) is 3.79. The molecule has 2 rings (SSSR count). The maximum absolute atomic E-state index is 12.1. The lowest BCUT2D eigenvalue weighted by Crippen LogP contribution is -2.61. The maximum atomic E-state index is 12.1. The standard InChI is InChI=1S/C25H37NO3/c1-3-4-5-6-7-8-9-10-14-17-23(27)29-20(2)24-22(26-25(24)28)19-18-21-15-12-11-13-16-21/h11-13,15-16,18-20,22,24H,3-10,14,17H2,1-2H3,(H,26,28)/b19-18+/t20-,22-,24+/m0/s1. The van der Waals surface area contributed by atoms with E-state index in [-0.39, 0.29) is 23.8 Å². The molecule has 0 aliphatic carbocycles. The van der Waals surface area contributed by atoms with Gasteiger partial charge < -0.3 is 10.1 Å². The highest BCUT2D eigenvalue weighted by molar-refractivity contribution is 5.88. The van der Waals surface area contributed by atoms with Gasteiger partial charge in [0.05, 0.1) is 12.0 Å². The number of rotatable bonds is 14. The summed E-state index contributed by atoms with van der Waals surface area (Å²) in [5.41, 5.74) is 1.09. The number of unbranched alkanes of at least 4 members (excludes halogenated alkanes) is 8. The summed E-state index contributed by atoms with van der Waals surface area (Å²) in [4.78, 5) is 24.1. The smallest absolute Gasteiger partial charge is 0.306 e. The molecule has 4 nitrogen and oxygen atoms in total. The Kier molecular flexibility index (Phi) is 10.5. The van der Waals surface area contributed by atoms with E-state index >= 15 is 0 Å². The van der Waals surface area contributed by atoms with Crippen molar-refractivity contribution in [1.82, 2.24) is 5.32 Å². The third kappa shape index (κ3) is 8.43. The van der Waals surface area contributed by atoms with Crippen molar-refractivity contribution in [2.24, 2.45) is 5.92 Å². The number of ether oxygens (including phenoxy) is 1. The van der Waals surface area contributed by atoms with Gasteiger partial charge in [-0.05, 0) is 18.9 Å². The zero-order valence-corrected chi connectivity index (χ0v) is 18.1. The minimum Gasteiger partial charge on any atom is -0.462 e. The number of hydrogen-bond acceptors (Lipinski definition) is 3. The summed E-state index contributed by atoms with van der Waals surface area (Å²) in [5.74, 6) is -0.538. The van der Waals surface area contributed by atoms with Crippen LogP contribution in [-0.2, 0) is 14.3 Å². The van der Waals surface area contributed by atoms with Crippen LogP contribution in [0.5, 0.6) is 0 Å². The first kappa shape index (κ1) is 23.2. The molecule has 0 unspecified atom stereocenters. The van der Waals surface area contributed by atoms with Crippen LogP contribution in [0.25, 0.3) is 6.08 Å². The summed E-state index contributed by atoms with van der Waals surface area (Å²) in [5, 5.41) is 2.88. The molecule has 0 radical (unpaired) electrons. The summed E-state index contributed by atoms with van der Waals surface area (Å²) in [6.45, 7) is 4.06. The number of benzene rings is 1. The van der Waals surface area contributed by atoms with E-state index in [4.69, 9.17) is 4.74 Å². The first-order valence-corrected chi connectivity index (χ1v) is 11.3. The summed E-state index contributed by atoms with van der Waals surface area (Å²) in [6.07, 6.45) is 15.0. The minimum absolute atomic E-state index is 0.0453. The molecular formula is C25H37NO3. The monoisotopic (exact) mass is 399 g/mol. The molecule has 1 aliphatic heterocycles. The number of β-lactam (4-membered cyclic amide) rings is 1. The molecular weight excluding hydrogens is 362 g/mol. The average Bonchev–Trinajstić information content (AvgIpc) is 2.70. The second-order valence-electron chi connectivity index (χ2n) is 8.10. The predicted octanol–water partition coefficient (Wildman–Crippen LogP) is 5.67. The molecule has 3 atom stereocenters. The van der Waals surface area contributed by atoms with Gasteiger partial charge in [-0.15, -0.1) is 0 Å². The summed E-state index contributed by atoms with van der Waals surface area (Å²) in [7, 11) is 0. The lowest BCUT2D eigenvalue weighted by molar-refractivity contribution is -0.157. The lowest BCUT2D eigenvalue weighted by Gasteiger charge is -2.38. The molecule has 1 aromatic carbocycles. The van der Waals surface area contributed by atoms with Crippen LogP contribution < -0.4 is 5.32 Å². The van der Waals surface area contributed by atoms with E-state index in [9.17, 15) is 9.59 Å². The van der Waals surface area contributed by atoms with E-state index < -0.39 is 6.10 Å². The number of carbonyl (C=O) groups is 2. The van der Waals surface area contributed by atoms with Crippen molar-refractivity contribution in [2.75, 3.05) is 0 Å². The highest BCUT2D eigenvalue weighted by Gasteiger charge is 2.43. The van der Waals surface area contributed by atoms with Gasteiger partial charge in [-0.2, -0.15) is 0 Å². The van der Waals surface area contributed by atoms with Gasteiger partial charge in [0.25, 0.3) is 0 Å². The highest BCUT2D eigenvalue weighted by atomic mass is 16.5. The topological polar surface area (TPSA) is 55.4 Å². The van der Waals surface area contributed by atoms with E-state index in [0.29, 0.717) is 6.42 Å². The van der Waals surface area contributed by atoms with Gasteiger partial charge in [0.2, 0.25) is 5.91 Å². The van der Waals surface area contributed by atoms with E-state index in [1.807, 2.05) is 49.4 Å². The van der Waals surface area contributed by atoms with Gasteiger partial charge in [0.15, 0.2) is 0 Å². The fourth-order valence-electron chi connectivity index (χ4n) is 3.79. The molecule has 1 saturated heterocycles. The van der Waals surface area contributed by atoms with Crippen LogP contribution in [0.1, 0.15) is 83.6 Å². The van der Waals surface area contributed by atoms with E-state index in [2.05, 4.69) is 12.2 Å². The van der Waals surface area contributed by atoms with Crippen molar-refractivity contribution in [1.29, 1.82) is 0 Å². The fraction of sp³-hybridized carbons (Fsp3) is 0.600. The molecule has 0 spiro atoms. The minimum atomic E-state index is -0.403. The zero-order chi connectivity index (χ0) is 20.9. The van der Waals surface area contributed by atoms with Crippen LogP contribution in [0, 0.1) is 5.92 Å². The Hall–Kier alpha value is -2.10. The molecule has 160 valence electrons. The molecule has 1 amide bonds. The van der Waals surface area contributed by atoms with Gasteiger partial charge in [-0.1, -0.05) is 101 Å². The Morgan fingerprint density at radius 2 is 1.66 bits per heavy atom. The Morgan fingerprint density at radius 1 is 1.03 bits per heavy atom. The molecule has 0 saturated carbocycles. The molecule has 1 aliphatic rings. The van der Waals surface area contributed by atoms with E-state index in [1.54, 1.807) is 0 Å². The van der Waals surface area contributed by atoms with Crippen molar-refractivity contribution < 1.29 is 14.3 Å². The van der Waals surface area contributed by atoms with Crippen molar-refractivity contribution in [3.63, 3.8) is 0 Å². The van der Waals surface area contributed by atoms with Crippen LogP contribution in [0.15, 0.2) is 36.4 Å². The molecule has 0 bridgehead atoms. The number of esters is 1. The number of amides is 1. The average molecular weight is 400 g/mol. The second kappa shape index (κ2) is 13.2. The van der Waals surface area contributed by atoms with Crippen molar-refractivity contribution in [3.8, 4) is 0 Å². The normalized spacial score (nSPS) is 19.6. The predicted molar refractivity (Wildman–Crippen MR) is 118 cm³/mol. The third-order valence-electron chi connectivity index (χ3n) is 5.60. The Labute approximate surface area is 176 Å². The van der Waals surface area contributed by atoms with Crippen LogP contribution in [0.3, 0.4) is 0 Å². The van der Waals surface area contributed by atoms with Gasteiger partial charge in [0, 0.05) is 6.42 Å². The largest absolute Gasteiger partial charge is 0.462 e. The summed E-state index contributed by atoms with van der Waals surface area (Å²) < 4.78 is 5.55. The zero-order valence-electron chi connectivity index (χ0n) is 18.1. The van der Waals surface area contributed by atoms with Crippen LogP contribution >= 0.6 is 0 Å². The molecule has 4 heteroatoms. The lowest BCUT2D eigenvalue weighted by atomic mass is 9.85. The molecule has 29 heavy (non-hydrogen) atoms. The van der Waals surface area contributed by atoms with Crippen molar-refractivity contribution in [3.05, 3.63) is 42.0 Å². The highest BCUT2D eigenvalue weighted by Crippen LogP contribution is 2.24. The molecule has 0 aromatic heterocycles. The van der Waals surface area contributed by atoms with Crippen LogP contribution in [0.4, 0.5) is 0 Å². The first-order chi connectivity index (χ1) is 14.1. The Balaban J connectivity index is 1.61. The summed E-state index contributed by atoms with van der Waals surface area (Å²) in [6, 6.07) is 9.88. The SMILES string of the molecule is CCCCCCCCCCCC(=O)O[C@@H](C)[C@H]1C(=O)N[C@H]1/C=C/c1ccccc1. The van der Waals surface area contributed by atoms with E-state index in [0.717, 1.165) is 18.4 Å². The van der Waals surface area contributed by atoms with Gasteiger partial charge in [-0.3, -0.25) is 9.59 Å². The Morgan fingerprint density at radius 3 is 2.28 bits per heavy atom. The Bertz CT molecular complexity index is 641. The maximum Gasteiger partial charge on any atom is 0.306 e. The number of hydrogen-bond donors (Lipinski definition) is 1. The quantitative estimate of drug-likeness (QED) is 0.249. The number of nitrogens with one attached hydrogen (secondary N) is 1. The van der Waals surface area contributed by atoms with Crippen molar-refractivity contribution >= 4 is 18.0 Å². The van der Waals surface area contributed by atoms with Gasteiger partial charge in [0.1, 0.15) is 6.10 Å². The van der Waals surface area contributed by atoms with E-state index in [1.165, 1.54) is 44.9 Å². The second-order valence-corrected chi connectivity index (χ2v) is 8.10. The van der Waals surface area contributed by atoms with Gasteiger partial charge in [-0.25, -0.2) is 0 Å². The molecule has 1 heterocycles. The molecule has 1 fully saturated rings. The molecule has 1 aromatic rings. The summed E-state index contributed by atoms with van der Waals surface area (Å²) >= 11 is 0. The third-order valence-corrected chi connectivity index (χ3v) is 5.60. The van der Waals surface area contributed by atoms with Crippen molar-refractivity contribution in [2.45, 2.75) is 90.2 Å². The number of carbonyl (C=O) groups excluding carboxylic acids is 2. The first-order valence-electron chi connectivity index (χ1n) is 11.3.